The highest BCUT2D eigenvalue weighted by Gasteiger charge is 2.43. The molecule has 1 aliphatic rings. The molecule has 4 nitrogen and oxygen atoms in total. The highest BCUT2D eigenvalue weighted by molar-refractivity contribution is 6.69. The van der Waals surface area contributed by atoms with Crippen LogP contribution in [0.15, 0.2) is 17.3 Å². The van der Waals surface area contributed by atoms with Gasteiger partial charge in [0.2, 0.25) is 0 Å². The molecule has 1 aromatic rings. The fourth-order valence-corrected chi connectivity index (χ4v) is 2.17. The molecule has 1 aliphatic heterocycles. The third-order valence-electron chi connectivity index (χ3n) is 2.76. The van der Waals surface area contributed by atoms with Crippen LogP contribution in [0.4, 0.5) is 4.39 Å². The Balaban J connectivity index is 2.68. The number of oxime groups is 1. The van der Waals surface area contributed by atoms with Gasteiger partial charge in [-0.05, 0) is 25.4 Å². The average molecular weight is 257 g/mol. The fraction of sp³-hybridized carbons (Fsp3) is 0.300. The second-order valence-electron chi connectivity index (χ2n) is 4.26. The molecule has 0 bridgehead atoms. The van der Waals surface area contributed by atoms with Gasteiger partial charge in [-0.15, -0.1) is 0 Å². The van der Waals surface area contributed by atoms with Crippen LogP contribution in [-0.4, -0.2) is 22.5 Å². The molecule has 2 N–H and O–H groups in total. The Morgan fingerprint density at radius 3 is 2.76 bits per heavy atom. The number of hydrogen-bond donors (Lipinski definition) is 2. The number of rotatable bonds is 1. The Hall–Kier alpha value is -1.11. The molecule has 0 aromatic heterocycles. The van der Waals surface area contributed by atoms with E-state index < -0.39 is 18.5 Å². The van der Waals surface area contributed by atoms with Crippen LogP contribution < -0.4 is 5.46 Å². The zero-order valence-electron chi connectivity index (χ0n) is 9.24. The van der Waals surface area contributed by atoms with Crippen LogP contribution in [0, 0.1) is 5.82 Å². The van der Waals surface area contributed by atoms with Crippen molar-refractivity contribution >= 4 is 29.4 Å². The number of nitrogens with zero attached hydrogens (tertiary/aromatic N) is 1. The Labute approximate surface area is 103 Å². The molecular formula is C10H10BClFNO3. The maximum Gasteiger partial charge on any atom is 0.492 e. The van der Waals surface area contributed by atoms with Gasteiger partial charge in [-0.1, -0.05) is 22.8 Å². The molecule has 0 atom stereocenters. The summed E-state index contributed by atoms with van der Waals surface area (Å²) in [5.41, 5.74) is -0.400. The van der Waals surface area contributed by atoms with Crippen molar-refractivity contribution in [3.8, 4) is 0 Å². The van der Waals surface area contributed by atoms with E-state index in [1.54, 1.807) is 13.8 Å². The van der Waals surface area contributed by atoms with Gasteiger partial charge in [0.15, 0.2) is 5.17 Å². The monoisotopic (exact) mass is 257 g/mol. The van der Waals surface area contributed by atoms with E-state index in [9.17, 15) is 9.41 Å². The second kappa shape index (κ2) is 3.98. The third kappa shape index (κ3) is 1.82. The molecule has 0 radical (unpaired) electrons. The number of benzene rings is 1. The van der Waals surface area contributed by atoms with Crippen molar-refractivity contribution in [1.82, 2.24) is 0 Å². The van der Waals surface area contributed by atoms with Crippen molar-refractivity contribution in [2.75, 3.05) is 0 Å². The van der Waals surface area contributed by atoms with Gasteiger partial charge in [-0.3, -0.25) is 0 Å². The van der Waals surface area contributed by atoms with Crippen LogP contribution in [0.5, 0.6) is 0 Å². The molecule has 17 heavy (non-hydrogen) atoms. The van der Waals surface area contributed by atoms with E-state index in [0.717, 1.165) is 0 Å². The predicted molar refractivity (Wildman–Crippen MR) is 62.3 cm³/mol. The van der Waals surface area contributed by atoms with Gasteiger partial charge < -0.3 is 14.9 Å². The van der Waals surface area contributed by atoms with E-state index in [4.69, 9.17) is 21.5 Å². The minimum atomic E-state index is -1.16. The zero-order valence-corrected chi connectivity index (χ0v) is 9.99. The van der Waals surface area contributed by atoms with E-state index >= 15 is 0 Å². The SMILES string of the molecule is CC1(C)OB(O)c2ccc(C(Cl)=NO)c(F)c21. The summed E-state index contributed by atoms with van der Waals surface area (Å²) in [6.07, 6.45) is 0. The normalized spacial score (nSPS) is 18.4. The number of halogens is 2. The van der Waals surface area contributed by atoms with E-state index in [1.165, 1.54) is 12.1 Å². The topological polar surface area (TPSA) is 62.0 Å². The van der Waals surface area contributed by atoms with Crippen molar-refractivity contribution in [2.45, 2.75) is 19.4 Å². The van der Waals surface area contributed by atoms with Crippen molar-refractivity contribution in [1.29, 1.82) is 0 Å². The van der Waals surface area contributed by atoms with Gasteiger partial charge in [0.1, 0.15) is 5.82 Å². The molecule has 0 spiro atoms. The molecule has 1 aromatic carbocycles. The van der Waals surface area contributed by atoms with Crippen molar-refractivity contribution in [2.24, 2.45) is 5.16 Å². The van der Waals surface area contributed by atoms with Gasteiger partial charge in [-0.2, -0.15) is 0 Å². The molecule has 0 aliphatic carbocycles. The molecule has 1 heterocycles. The van der Waals surface area contributed by atoms with Crippen LogP contribution in [0.2, 0.25) is 0 Å². The lowest BCUT2D eigenvalue weighted by Gasteiger charge is -2.20. The van der Waals surface area contributed by atoms with Gasteiger partial charge in [-0.25, -0.2) is 4.39 Å². The molecule has 0 saturated carbocycles. The first-order valence-electron chi connectivity index (χ1n) is 4.95. The summed E-state index contributed by atoms with van der Waals surface area (Å²) >= 11 is 5.58. The molecule has 0 amide bonds. The quantitative estimate of drug-likeness (QED) is 0.343. The molecule has 0 saturated heterocycles. The van der Waals surface area contributed by atoms with Gasteiger partial charge in [0.25, 0.3) is 0 Å². The standard InChI is InChI=1S/C10H10BClFNO3/c1-10(2)7-6(11(15)17-10)4-3-5(8(7)13)9(12)14-16/h3-4,15-16H,1-2H3. The van der Waals surface area contributed by atoms with Gasteiger partial charge in [0.05, 0.1) is 11.2 Å². The minimum Gasteiger partial charge on any atom is -0.423 e. The molecular weight excluding hydrogens is 247 g/mol. The maximum atomic E-state index is 14.2. The second-order valence-corrected chi connectivity index (χ2v) is 4.62. The van der Waals surface area contributed by atoms with E-state index in [-0.39, 0.29) is 16.3 Å². The van der Waals surface area contributed by atoms with Gasteiger partial charge in [0, 0.05) is 5.56 Å². The molecule has 7 heteroatoms. The lowest BCUT2D eigenvalue weighted by atomic mass is 9.77. The summed E-state index contributed by atoms with van der Waals surface area (Å²) in [5, 5.41) is 20.6. The summed E-state index contributed by atoms with van der Waals surface area (Å²) in [5.74, 6) is -0.646. The molecule has 90 valence electrons. The predicted octanol–water partition coefficient (Wildman–Crippen LogP) is 1.15. The van der Waals surface area contributed by atoms with E-state index in [2.05, 4.69) is 5.16 Å². The highest BCUT2D eigenvalue weighted by Crippen LogP contribution is 2.33. The minimum absolute atomic E-state index is 0.0290. The largest absolute Gasteiger partial charge is 0.492 e. The van der Waals surface area contributed by atoms with Crippen LogP contribution in [0.1, 0.15) is 25.0 Å². The third-order valence-corrected chi connectivity index (χ3v) is 3.04. The summed E-state index contributed by atoms with van der Waals surface area (Å²) in [4.78, 5) is 0. The molecule has 2 rings (SSSR count). The maximum absolute atomic E-state index is 14.2. The summed E-state index contributed by atoms with van der Waals surface area (Å²) in [6.45, 7) is 3.28. The lowest BCUT2D eigenvalue weighted by Crippen LogP contribution is -2.29. The zero-order chi connectivity index (χ0) is 12.8. The smallest absolute Gasteiger partial charge is 0.423 e. The number of hydrogen-bond acceptors (Lipinski definition) is 4. The Bertz CT molecular complexity index is 507. The summed E-state index contributed by atoms with van der Waals surface area (Å²) < 4.78 is 19.5. The summed E-state index contributed by atoms with van der Waals surface area (Å²) in [7, 11) is -1.16. The van der Waals surface area contributed by atoms with Crippen molar-refractivity contribution < 1.29 is 19.3 Å². The number of fused-ring (bicyclic) bond motifs is 1. The summed E-state index contributed by atoms with van der Waals surface area (Å²) in [6, 6.07) is 2.84. The average Bonchev–Trinajstić information content (AvgIpc) is 2.49. The fourth-order valence-electron chi connectivity index (χ4n) is 2.02. The Kier molecular flexibility index (Phi) is 2.89. The Morgan fingerprint density at radius 2 is 2.18 bits per heavy atom. The first-order valence-corrected chi connectivity index (χ1v) is 5.33. The van der Waals surface area contributed by atoms with Crippen LogP contribution in [0.25, 0.3) is 0 Å². The first-order chi connectivity index (χ1) is 7.88. The molecule has 0 fully saturated rings. The van der Waals surface area contributed by atoms with Crippen LogP contribution in [0.3, 0.4) is 0 Å². The highest BCUT2D eigenvalue weighted by atomic mass is 35.5. The van der Waals surface area contributed by atoms with Crippen LogP contribution in [-0.2, 0) is 10.3 Å². The van der Waals surface area contributed by atoms with E-state index in [0.29, 0.717) is 5.46 Å². The van der Waals surface area contributed by atoms with E-state index in [1.807, 2.05) is 0 Å². The first kappa shape index (κ1) is 12.4. The van der Waals surface area contributed by atoms with Crippen molar-refractivity contribution in [3.05, 3.63) is 29.1 Å². The molecule has 0 unspecified atom stereocenters. The van der Waals surface area contributed by atoms with Crippen molar-refractivity contribution in [3.63, 3.8) is 0 Å². The lowest BCUT2D eigenvalue weighted by molar-refractivity contribution is 0.0973. The Morgan fingerprint density at radius 1 is 1.53 bits per heavy atom. The van der Waals surface area contributed by atoms with Crippen LogP contribution >= 0.6 is 11.6 Å². The van der Waals surface area contributed by atoms with Gasteiger partial charge >= 0.3 is 7.12 Å².